The van der Waals surface area contributed by atoms with Crippen LogP contribution in [-0.2, 0) is 4.79 Å². The van der Waals surface area contributed by atoms with Gasteiger partial charge in [-0.25, -0.2) is 4.52 Å². The average molecular weight is 401 g/mol. The van der Waals surface area contributed by atoms with Gasteiger partial charge in [0.1, 0.15) is 5.75 Å². The number of fused-ring (bicyclic) bond motifs is 1. The first-order valence-electron chi connectivity index (χ1n) is 9.63. The van der Waals surface area contributed by atoms with Crippen LogP contribution in [0.4, 0.5) is 11.6 Å². The van der Waals surface area contributed by atoms with Gasteiger partial charge in [0.2, 0.25) is 5.95 Å². The maximum Gasteiger partial charge on any atom is 0.264 e. The van der Waals surface area contributed by atoms with Crippen LogP contribution in [0, 0.1) is 6.92 Å². The maximum absolute atomic E-state index is 12.3. The van der Waals surface area contributed by atoms with Crippen LogP contribution in [0.3, 0.4) is 0 Å². The number of benzene rings is 2. The number of carbonyl (C=O) groups is 1. The lowest BCUT2D eigenvalue weighted by atomic mass is 10.1. The summed E-state index contributed by atoms with van der Waals surface area (Å²) in [5.74, 6) is 0.610. The molecule has 0 aliphatic heterocycles. The number of carbonyl (C=O) groups excluding carboxylic acids is 1. The molecule has 0 unspecified atom stereocenters. The summed E-state index contributed by atoms with van der Waals surface area (Å²) in [5.41, 5.74) is 4.84. The van der Waals surface area contributed by atoms with Gasteiger partial charge in [0.25, 0.3) is 5.91 Å². The summed E-state index contributed by atoms with van der Waals surface area (Å²) in [7, 11) is 4.03. The average Bonchev–Trinajstić information content (AvgIpc) is 3.14. The normalized spacial score (nSPS) is 10.8. The van der Waals surface area contributed by atoms with Crippen LogP contribution in [0.2, 0.25) is 0 Å². The summed E-state index contributed by atoms with van der Waals surface area (Å²) < 4.78 is 7.24. The first-order chi connectivity index (χ1) is 14.5. The monoisotopic (exact) mass is 401 g/mol. The van der Waals surface area contributed by atoms with E-state index in [1.54, 1.807) is 4.52 Å². The predicted molar refractivity (Wildman–Crippen MR) is 118 cm³/mol. The molecule has 2 aromatic heterocycles. The van der Waals surface area contributed by atoms with Gasteiger partial charge in [-0.3, -0.25) is 10.1 Å². The molecule has 4 rings (SSSR count). The van der Waals surface area contributed by atoms with Crippen LogP contribution in [-0.4, -0.2) is 41.2 Å². The summed E-state index contributed by atoms with van der Waals surface area (Å²) in [6.45, 7) is 1.82. The molecule has 0 bridgehead atoms. The standard InChI is InChI=1S/C23H23N5O2/c1-16-8-4-7-11-20(16)30-15-22(29)25-23-24-21-13-12-17(14-28(21)26-23)18-9-5-6-10-19(18)27(2)3/h4-14H,15H2,1-3H3,(H,25,26,29). The molecule has 0 saturated heterocycles. The fourth-order valence-corrected chi connectivity index (χ4v) is 3.23. The summed E-state index contributed by atoms with van der Waals surface area (Å²) in [4.78, 5) is 18.7. The Morgan fingerprint density at radius 1 is 1.07 bits per heavy atom. The Morgan fingerprint density at radius 2 is 1.83 bits per heavy atom. The Kier molecular flexibility index (Phi) is 5.34. The number of ether oxygens (including phenoxy) is 1. The van der Waals surface area contributed by atoms with E-state index in [9.17, 15) is 4.79 Å². The molecule has 152 valence electrons. The largest absolute Gasteiger partial charge is 0.483 e. The number of anilines is 2. The minimum Gasteiger partial charge on any atom is -0.483 e. The first-order valence-corrected chi connectivity index (χ1v) is 9.63. The Hall–Kier alpha value is -3.87. The molecule has 0 spiro atoms. The number of pyridine rings is 1. The topological polar surface area (TPSA) is 71.8 Å². The van der Waals surface area contributed by atoms with Gasteiger partial charge in [-0.2, -0.15) is 4.98 Å². The van der Waals surface area contributed by atoms with E-state index in [4.69, 9.17) is 4.74 Å². The highest BCUT2D eigenvalue weighted by Gasteiger charge is 2.12. The molecule has 0 fully saturated rings. The van der Waals surface area contributed by atoms with Gasteiger partial charge >= 0.3 is 0 Å². The fourth-order valence-electron chi connectivity index (χ4n) is 3.23. The second kappa shape index (κ2) is 8.24. The van der Waals surface area contributed by atoms with Gasteiger partial charge in [-0.05, 0) is 36.8 Å². The van der Waals surface area contributed by atoms with Crippen molar-refractivity contribution in [1.82, 2.24) is 14.6 Å². The van der Waals surface area contributed by atoms with E-state index in [0.29, 0.717) is 11.4 Å². The lowest BCUT2D eigenvalue weighted by Gasteiger charge is -2.17. The minimum atomic E-state index is -0.313. The summed E-state index contributed by atoms with van der Waals surface area (Å²) >= 11 is 0. The van der Waals surface area contributed by atoms with Crippen molar-refractivity contribution in [3.8, 4) is 16.9 Å². The molecule has 4 aromatic rings. The Bertz CT molecular complexity index is 1200. The maximum atomic E-state index is 12.3. The molecule has 2 aromatic carbocycles. The molecule has 0 saturated carbocycles. The lowest BCUT2D eigenvalue weighted by Crippen LogP contribution is -2.21. The number of rotatable bonds is 6. The smallest absolute Gasteiger partial charge is 0.264 e. The van der Waals surface area contributed by atoms with E-state index >= 15 is 0 Å². The van der Waals surface area contributed by atoms with Gasteiger partial charge in [0.15, 0.2) is 12.3 Å². The van der Waals surface area contributed by atoms with Crippen molar-refractivity contribution < 1.29 is 9.53 Å². The molecule has 1 N–H and O–H groups in total. The highest BCUT2D eigenvalue weighted by atomic mass is 16.5. The van der Waals surface area contributed by atoms with Gasteiger partial charge < -0.3 is 9.64 Å². The number of amides is 1. The third-order valence-corrected chi connectivity index (χ3v) is 4.73. The van der Waals surface area contributed by atoms with Crippen molar-refractivity contribution in [3.63, 3.8) is 0 Å². The van der Waals surface area contributed by atoms with Gasteiger partial charge in [0.05, 0.1) is 0 Å². The molecule has 2 heterocycles. The first kappa shape index (κ1) is 19.4. The molecule has 7 nitrogen and oxygen atoms in total. The van der Waals surface area contributed by atoms with Crippen LogP contribution in [0.5, 0.6) is 5.75 Å². The second-order valence-corrected chi connectivity index (χ2v) is 7.17. The molecule has 7 heteroatoms. The number of hydrogen-bond donors (Lipinski definition) is 1. The molecular formula is C23H23N5O2. The zero-order chi connectivity index (χ0) is 21.1. The summed E-state index contributed by atoms with van der Waals surface area (Å²) in [6, 6.07) is 19.6. The van der Waals surface area contributed by atoms with E-state index in [-0.39, 0.29) is 18.5 Å². The van der Waals surface area contributed by atoms with Crippen molar-refractivity contribution in [2.45, 2.75) is 6.92 Å². The second-order valence-electron chi connectivity index (χ2n) is 7.17. The number of aromatic nitrogens is 3. The molecule has 0 aliphatic carbocycles. The van der Waals surface area contributed by atoms with Gasteiger partial charge in [-0.1, -0.05) is 36.4 Å². The third kappa shape index (κ3) is 4.10. The fraction of sp³-hybridized carbons (Fsp3) is 0.174. The lowest BCUT2D eigenvalue weighted by molar-refractivity contribution is -0.118. The molecular weight excluding hydrogens is 378 g/mol. The number of para-hydroxylation sites is 2. The number of hydrogen-bond acceptors (Lipinski definition) is 5. The van der Waals surface area contributed by atoms with Crippen LogP contribution in [0.1, 0.15) is 5.56 Å². The van der Waals surface area contributed by atoms with Gasteiger partial charge in [0, 0.05) is 37.1 Å². The van der Waals surface area contributed by atoms with Crippen molar-refractivity contribution in [2.24, 2.45) is 0 Å². The zero-order valence-electron chi connectivity index (χ0n) is 17.2. The van der Waals surface area contributed by atoms with Crippen molar-refractivity contribution in [3.05, 3.63) is 72.4 Å². The summed E-state index contributed by atoms with van der Waals surface area (Å²) in [5, 5.41) is 7.09. The SMILES string of the molecule is Cc1ccccc1OCC(=O)Nc1nc2ccc(-c3ccccc3N(C)C)cn2n1. The Morgan fingerprint density at radius 3 is 2.63 bits per heavy atom. The van der Waals surface area contributed by atoms with Crippen LogP contribution >= 0.6 is 0 Å². The molecule has 30 heavy (non-hydrogen) atoms. The molecule has 1 amide bonds. The van der Waals surface area contributed by atoms with Gasteiger partial charge in [-0.15, -0.1) is 5.10 Å². The quantitative estimate of drug-likeness (QED) is 0.532. The minimum absolute atomic E-state index is 0.109. The highest BCUT2D eigenvalue weighted by Crippen LogP contribution is 2.29. The van der Waals surface area contributed by atoms with E-state index < -0.39 is 0 Å². The van der Waals surface area contributed by atoms with Crippen LogP contribution in [0.15, 0.2) is 66.9 Å². The number of aryl methyl sites for hydroxylation is 1. The molecule has 0 aliphatic rings. The summed E-state index contributed by atoms with van der Waals surface area (Å²) in [6.07, 6.45) is 1.91. The Balaban J connectivity index is 1.50. The van der Waals surface area contributed by atoms with E-state index in [0.717, 1.165) is 22.4 Å². The number of nitrogens with zero attached hydrogens (tertiary/aromatic N) is 4. The molecule has 0 radical (unpaired) electrons. The van der Waals surface area contributed by atoms with Crippen molar-refractivity contribution >= 4 is 23.2 Å². The van der Waals surface area contributed by atoms with E-state index in [2.05, 4.69) is 32.4 Å². The predicted octanol–water partition coefficient (Wildman–Crippen LogP) is 3.79. The zero-order valence-corrected chi connectivity index (χ0v) is 17.2. The number of nitrogens with one attached hydrogen (secondary N) is 1. The van der Waals surface area contributed by atoms with Crippen molar-refractivity contribution in [2.75, 3.05) is 30.9 Å². The van der Waals surface area contributed by atoms with E-state index in [1.807, 2.05) is 75.7 Å². The molecule has 0 atom stereocenters. The highest BCUT2D eigenvalue weighted by molar-refractivity contribution is 5.90. The van der Waals surface area contributed by atoms with Crippen molar-refractivity contribution in [1.29, 1.82) is 0 Å². The third-order valence-electron chi connectivity index (χ3n) is 4.73. The van der Waals surface area contributed by atoms with Crippen LogP contribution in [0.25, 0.3) is 16.8 Å². The van der Waals surface area contributed by atoms with Crippen LogP contribution < -0.4 is 15.0 Å². The van der Waals surface area contributed by atoms with E-state index in [1.165, 1.54) is 0 Å². The Labute approximate surface area is 174 Å².